The highest BCUT2D eigenvalue weighted by Gasteiger charge is 2.21. The zero-order chi connectivity index (χ0) is 22.8. The molecule has 0 aliphatic heterocycles. The molecule has 0 aliphatic carbocycles. The van der Waals surface area contributed by atoms with Gasteiger partial charge in [-0.1, -0.05) is 35.4 Å². The molecule has 0 radical (unpaired) electrons. The molecule has 1 amide bonds. The second-order valence-corrected chi connectivity index (χ2v) is 9.28. The topological polar surface area (TPSA) is 84.5 Å². The number of rotatable bonds is 6. The maximum atomic E-state index is 13.0. The number of benzene rings is 3. The number of nitrogens with one attached hydrogen (secondary N) is 2. The molecule has 31 heavy (non-hydrogen) atoms. The van der Waals surface area contributed by atoms with Crippen molar-refractivity contribution < 1.29 is 17.9 Å². The first-order chi connectivity index (χ1) is 14.6. The lowest BCUT2D eigenvalue weighted by molar-refractivity contribution is 0.102. The number of methoxy groups -OCH3 is 1. The lowest BCUT2D eigenvalue weighted by atomic mass is 10.1. The van der Waals surface area contributed by atoms with Crippen molar-refractivity contribution in [1.82, 2.24) is 0 Å². The maximum Gasteiger partial charge on any atom is 0.263 e. The van der Waals surface area contributed by atoms with Gasteiger partial charge in [0.05, 0.1) is 23.5 Å². The summed E-state index contributed by atoms with van der Waals surface area (Å²) < 4.78 is 33.8. The molecule has 2 N–H and O–H groups in total. The third-order valence-electron chi connectivity index (χ3n) is 4.71. The van der Waals surface area contributed by atoms with Gasteiger partial charge in [0.15, 0.2) is 0 Å². The summed E-state index contributed by atoms with van der Waals surface area (Å²) in [6.07, 6.45) is 0. The van der Waals surface area contributed by atoms with Gasteiger partial charge in [-0.05, 0) is 68.3 Å². The molecule has 0 unspecified atom stereocenters. The highest BCUT2D eigenvalue weighted by atomic mass is 35.5. The van der Waals surface area contributed by atoms with Crippen molar-refractivity contribution >= 4 is 38.9 Å². The molecule has 3 aromatic carbocycles. The van der Waals surface area contributed by atoms with Gasteiger partial charge in [0.1, 0.15) is 10.6 Å². The fourth-order valence-corrected chi connectivity index (χ4v) is 4.75. The molecule has 8 heteroatoms. The number of carbonyl (C=O) groups is 1. The third-order valence-corrected chi connectivity index (χ3v) is 6.56. The number of sulfonamides is 1. The van der Waals surface area contributed by atoms with Crippen LogP contribution in [-0.4, -0.2) is 21.4 Å². The predicted molar refractivity (Wildman–Crippen MR) is 124 cm³/mol. The van der Waals surface area contributed by atoms with Crippen LogP contribution in [0.4, 0.5) is 11.4 Å². The summed E-state index contributed by atoms with van der Waals surface area (Å²) in [6.45, 7) is 5.62. The summed E-state index contributed by atoms with van der Waals surface area (Å²) in [5.41, 5.74) is 3.81. The zero-order valence-corrected chi connectivity index (χ0v) is 19.2. The summed E-state index contributed by atoms with van der Waals surface area (Å²) in [5.74, 6) is 0.0146. The quantitative estimate of drug-likeness (QED) is 0.523. The van der Waals surface area contributed by atoms with Gasteiger partial charge < -0.3 is 10.1 Å². The Morgan fingerprint density at radius 3 is 2.26 bits per heavy atom. The average Bonchev–Trinajstić information content (AvgIpc) is 2.70. The number of hydrogen-bond acceptors (Lipinski definition) is 4. The molecule has 0 heterocycles. The molecule has 162 valence electrons. The van der Waals surface area contributed by atoms with Gasteiger partial charge in [0.25, 0.3) is 15.9 Å². The van der Waals surface area contributed by atoms with Crippen LogP contribution in [0.2, 0.25) is 5.02 Å². The van der Waals surface area contributed by atoms with Crippen molar-refractivity contribution in [1.29, 1.82) is 0 Å². The SMILES string of the molecule is COc1ccc(C)cc1NC(=O)c1ccc(Cl)c(S(=O)(=O)Nc2ccc(C)cc2C)c1. The van der Waals surface area contributed by atoms with Gasteiger partial charge in [-0.3, -0.25) is 9.52 Å². The number of anilines is 2. The standard InChI is InChI=1S/C23H23ClN2O4S/c1-14-5-9-19(16(3)11-14)26-31(28,29)22-13-17(7-8-18(22)24)23(27)25-20-12-15(2)6-10-21(20)30-4/h5-13,26H,1-4H3,(H,25,27). The van der Waals surface area contributed by atoms with Crippen LogP contribution in [-0.2, 0) is 10.0 Å². The lowest BCUT2D eigenvalue weighted by Crippen LogP contribution is -2.17. The van der Waals surface area contributed by atoms with Crippen molar-refractivity contribution in [3.8, 4) is 5.75 Å². The molecule has 0 saturated carbocycles. The Morgan fingerprint density at radius 1 is 0.903 bits per heavy atom. The normalized spacial score (nSPS) is 11.1. The molecule has 0 bridgehead atoms. The van der Waals surface area contributed by atoms with E-state index >= 15 is 0 Å². The fourth-order valence-electron chi connectivity index (χ4n) is 3.09. The van der Waals surface area contributed by atoms with Crippen molar-refractivity contribution in [2.45, 2.75) is 25.7 Å². The molecule has 6 nitrogen and oxygen atoms in total. The maximum absolute atomic E-state index is 13.0. The van der Waals surface area contributed by atoms with E-state index in [1.54, 1.807) is 18.2 Å². The molecule has 0 atom stereocenters. The summed E-state index contributed by atoms with van der Waals surface area (Å²) >= 11 is 6.17. The van der Waals surface area contributed by atoms with E-state index in [9.17, 15) is 13.2 Å². The van der Waals surface area contributed by atoms with Crippen molar-refractivity contribution in [2.24, 2.45) is 0 Å². The number of ether oxygens (including phenoxy) is 1. The Morgan fingerprint density at radius 2 is 1.58 bits per heavy atom. The van der Waals surface area contributed by atoms with E-state index in [4.69, 9.17) is 16.3 Å². The van der Waals surface area contributed by atoms with Crippen LogP contribution in [0.1, 0.15) is 27.0 Å². The van der Waals surface area contributed by atoms with E-state index in [2.05, 4.69) is 10.0 Å². The molecular formula is C23H23ClN2O4S. The Hall–Kier alpha value is -3.03. The molecular weight excluding hydrogens is 436 g/mol. The molecule has 3 aromatic rings. The first-order valence-electron chi connectivity index (χ1n) is 9.46. The summed E-state index contributed by atoms with van der Waals surface area (Å²) in [4.78, 5) is 12.6. The average molecular weight is 459 g/mol. The number of aryl methyl sites for hydroxylation is 3. The third kappa shape index (κ3) is 5.18. The van der Waals surface area contributed by atoms with Crippen LogP contribution in [0.5, 0.6) is 5.75 Å². The number of amides is 1. The van der Waals surface area contributed by atoms with Crippen LogP contribution in [0, 0.1) is 20.8 Å². The van der Waals surface area contributed by atoms with Crippen molar-refractivity contribution in [2.75, 3.05) is 17.1 Å². The van der Waals surface area contributed by atoms with Crippen LogP contribution >= 0.6 is 11.6 Å². The highest BCUT2D eigenvalue weighted by molar-refractivity contribution is 7.92. The van der Waals surface area contributed by atoms with Gasteiger partial charge in [-0.15, -0.1) is 0 Å². The Bertz CT molecular complexity index is 1260. The second-order valence-electron chi connectivity index (χ2n) is 7.23. The minimum absolute atomic E-state index is 0.0157. The van der Waals surface area contributed by atoms with Crippen LogP contribution in [0.3, 0.4) is 0 Å². The second kappa shape index (κ2) is 8.99. The van der Waals surface area contributed by atoms with Crippen LogP contribution < -0.4 is 14.8 Å². The Labute approximate surface area is 187 Å². The number of carbonyl (C=O) groups excluding carboxylic acids is 1. The van der Waals surface area contributed by atoms with Crippen LogP contribution in [0.15, 0.2) is 59.5 Å². The number of halogens is 1. The van der Waals surface area contributed by atoms with Gasteiger partial charge in [-0.25, -0.2) is 8.42 Å². The van der Waals surface area contributed by atoms with E-state index in [0.29, 0.717) is 17.1 Å². The van der Waals surface area contributed by atoms with E-state index < -0.39 is 15.9 Å². The molecule has 0 saturated heterocycles. The Kier molecular flexibility index (Phi) is 6.57. The summed E-state index contributed by atoms with van der Waals surface area (Å²) in [6, 6.07) is 14.9. The monoisotopic (exact) mass is 458 g/mol. The summed E-state index contributed by atoms with van der Waals surface area (Å²) in [5, 5.41) is 2.78. The van der Waals surface area contributed by atoms with Gasteiger partial charge in [0, 0.05) is 5.56 Å². The van der Waals surface area contributed by atoms with E-state index in [1.807, 2.05) is 39.0 Å². The van der Waals surface area contributed by atoms with E-state index in [1.165, 1.54) is 25.3 Å². The van der Waals surface area contributed by atoms with Crippen LogP contribution in [0.25, 0.3) is 0 Å². The predicted octanol–water partition coefficient (Wildman–Crippen LogP) is 5.33. The van der Waals surface area contributed by atoms with Crippen molar-refractivity contribution in [3.05, 3.63) is 81.9 Å². The molecule has 0 aliphatic rings. The molecule has 0 fully saturated rings. The minimum atomic E-state index is -4.01. The van der Waals surface area contributed by atoms with Crippen molar-refractivity contribution in [3.63, 3.8) is 0 Å². The zero-order valence-electron chi connectivity index (χ0n) is 17.6. The van der Waals surface area contributed by atoms with Gasteiger partial charge >= 0.3 is 0 Å². The first-order valence-corrected chi connectivity index (χ1v) is 11.3. The molecule has 3 rings (SSSR count). The summed E-state index contributed by atoms with van der Waals surface area (Å²) in [7, 11) is -2.51. The highest BCUT2D eigenvalue weighted by Crippen LogP contribution is 2.29. The van der Waals surface area contributed by atoms with Gasteiger partial charge in [-0.2, -0.15) is 0 Å². The molecule has 0 spiro atoms. The van der Waals surface area contributed by atoms with E-state index in [0.717, 1.165) is 16.7 Å². The van der Waals surface area contributed by atoms with Gasteiger partial charge in [0.2, 0.25) is 0 Å². The Balaban J connectivity index is 1.92. The minimum Gasteiger partial charge on any atom is -0.495 e. The largest absolute Gasteiger partial charge is 0.495 e. The number of hydrogen-bond donors (Lipinski definition) is 2. The lowest BCUT2D eigenvalue weighted by Gasteiger charge is -2.14. The smallest absolute Gasteiger partial charge is 0.263 e. The van der Waals surface area contributed by atoms with E-state index in [-0.39, 0.29) is 15.5 Å². The fraction of sp³-hybridized carbons (Fsp3) is 0.174. The first kappa shape index (κ1) is 22.7. The molecule has 0 aromatic heterocycles.